The van der Waals surface area contributed by atoms with Gasteiger partial charge in [-0.05, 0) is 44.2 Å². The van der Waals surface area contributed by atoms with E-state index in [0.717, 1.165) is 28.9 Å². The van der Waals surface area contributed by atoms with E-state index >= 15 is 0 Å². The Bertz CT molecular complexity index is 1020. The van der Waals surface area contributed by atoms with Crippen molar-refractivity contribution >= 4 is 29.3 Å². The molecule has 0 saturated carbocycles. The Kier molecular flexibility index (Phi) is 6.48. The van der Waals surface area contributed by atoms with Crippen molar-refractivity contribution < 1.29 is 9.59 Å². The minimum absolute atomic E-state index is 0.0559. The number of likely N-dealkylation sites (N-methyl/N-ethyl adjacent to an activating group) is 1. The Morgan fingerprint density at radius 3 is 2.47 bits per heavy atom. The maximum atomic E-state index is 13.1. The first-order valence-electron chi connectivity index (χ1n) is 10.8. The molecule has 2 aliphatic heterocycles. The Morgan fingerprint density at radius 2 is 1.81 bits per heavy atom. The number of rotatable bonds is 4. The highest BCUT2D eigenvalue weighted by Gasteiger charge is 2.39. The van der Waals surface area contributed by atoms with Crippen LogP contribution in [0.1, 0.15) is 29.7 Å². The molecule has 2 heterocycles. The second kappa shape index (κ2) is 9.30. The number of hydrazone groups is 1. The minimum atomic E-state index is -0.291. The minimum Gasteiger partial charge on any atom is -0.330 e. The molecule has 1 saturated heterocycles. The SMILES string of the molecule is Cc1ccc(C2=NN(C(=O)N[C@H](C)c3ccc(Cl)cc3)C[C@@H]2N2CCN(C)CC2=O)cc1. The molecule has 0 bridgehead atoms. The number of hydrogen-bond donors (Lipinski definition) is 1. The fourth-order valence-corrected chi connectivity index (χ4v) is 4.19. The number of aryl methyl sites for hydroxylation is 1. The molecule has 32 heavy (non-hydrogen) atoms. The lowest BCUT2D eigenvalue weighted by Gasteiger charge is -2.36. The number of amides is 3. The summed E-state index contributed by atoms with van der Waals surface area (Å²) in [7, 11) is 1.94. The average Bonchev–Trinajstić information content (AvgIpc) is 3.20. The van der Waals surface area contributed by atoms with Crippen LogP contribution in [0.15, 0.2) is 53.6 Å². The van der Waals surface area contributed by atoms with Crippen LogP contribution in [0.5, 0.6) is 0 Å². The van der Waals surface area contributed by atoms with Crippen LogP contribution in [0, 0.1) is 6.92 Å². The quantitative estimate of drug-likeness (QED) is 0.772. The van der Waals surface area contributed by atoms with Gasteiger partial charge >= 0.3 is 6.03 Å². The van der Waals surface area contributed by atoms with Crippen LogP contribution in [0.3, 0.4) is 0 Å². The number of nitrogens with zero attached hydrogens (tertiary/aromatic N) is 4. The van der Waals surface area contributed by atoms with Gasteiger partial charge in [-0.25, -0.2) is 9.80 Å². The van der Waals surface area contributed by atoms with Crippen molar-refractivity contribution in [3.8, 4) is 0 Å². The lowest BCUT2D eigenvalue weighted by atomic mass is 10.0. The van der Waals surface area contributed by atoms with Crippen molar-refractivity contribution in [2.45, 2.75) is 25.9 Å². The van der Waals surface area contributed by atoms with Gasteiger partial charge in [-0.3, -0.25) is 9.69 Å². The highest BCUT2D eigenvalue weighted by atomic mass is 35.5. The van der Waals surface area contributed by atoms with Crippen molar-refractivity contribution in [1.29, 1.82) is 0 Å². The predicted molar refractivity (Wildman–Crippen MR) is 126 cm³/mol. The van der Waals surface area contributed by atoms with Crippen LogP contribution >= 0.6 is 11.6 Å². The van der Waals surface area contributed by atoms with E-state index in [1.54, 1.807) is 12.1 Å². The van der Waals surface area contributed by atoms with Crippen molar-refractivity contribution in [1.82, 2.24) is 20.1 Å². The fourth-order valence-electron chi connectivity index (χ4n) is 4.06. The highest BCUT2D eigenvalue weighted by Crippen LogP contribution is 2.23. The Hall–Kier alpha value is -2.90. The molecular weight excluding hydrogens is 426 g/mol. The third-order valence-electron chi connectivity index (χ3n) is 6.01. The van der Waals surface area contributed by atoms with Crippen LogP contribution in [0.2, 0.25) is 5.02 Å². The molecule has 2 aliphatic rings. The zero-order chi connectivity index (χ0) is 22.8. The predicted octanol–water partition coefficient (Wildman–Crippen LogP) is 3.28. The number of carbonyl (C=O) groups excluding carboxylic acids is 2. The van der Waals surface area contributed by atoms with E-state index in [2.05, 4.69) is 10.4 Å². The summed E-state index contributed by atoms with van der Waals surface area (Å²) in [6.45, 7) is 6.06. The van der Waals surface area contributed by atoms with Crippen LogP contribution in [-0.4, -0.2) is 71.7 Å². The Morgan fingerprint density at radius 1 is 1.12 bits per heavy atom. The van der Waals surface area contributed by atoms with Crippen LogP contribution in [-0.2, 0) is 4.79 Å². The maximum Gasteiger partial charge on any atom is 0.338 e. The molecule has 4 rings (SSSR count). The van der Waals surface area contributed by atoms with Crippen molar-refractivity contribution in [2.75, 3.05) is 33.2 Å². The first kappa shape index (κ1) is 22.3. The standard InChI is InChI=1S/C24H28ClN5O2/c1-16-4-6-19(7-5-16)23-21(29-13-12-28(3)15-22(29)31)14-30(27-23)24(32)26-17(2)18-8-10-20(25)11-9-18/h4-11,17,21H,12-15H2,1-3H3,(H,26,32)/t17-,21+/m1/s1. The molecule has 0 aromatic heterocycles. The molecule has 168 valence electrons. The van der Waals surface area contributed by atoms with E-state index in [4.69, 9.17) is 11.6 Å². The van der Waals surface area contributed by atoms with Gasteiger partial charge in [0, 0.05) is 18.1 Å². The molecular formula is C24H28ClN5O2. The first-order chi connectivity index (χ1) is 15.3. The van der Waals surface area contributed by atoms with E-state index < -0.39 is 0 Å². The average molecular weight is 454 g/mol. The maximum absolute atomic E-state index is 13.1. The number of carbonyl (C=O) groups is 2. The van der Waals surface area contributed by atoms with Crippen LogP contribution in [0.25, 0.3) is 0 Å². The number of benzene rings is 2. The van der Waals surface area contributed by atoms with Gasteiger partial charge in [-0.15, -0.1) is 0 Å². The van der Waals surface area contributed by atoms with Crippen molar-refractivity contribution in [2.24, 2.45) is 5.10 Å². The summed E-state index contributed by atoms with van der Waals surface area (Å²) in [6.07, 6.45) is 0. The van der Waals surface area contributed by atoms with Crippen LogP contribution < -0.4 is 5.32 Å². The second-order valence-electron chi connectivity index (χ2n) is 8.50. The Balaban J connectivity index is 1.56. The number of hydrogen-bond acceptors (Lipinski definition) is 4. The molecule has 0 aliphatic carbocycles. The van der Waals surface area contributed by atoms with Crippen molar-refractivity contribution in [3.05, 3.63) is 70.2 Å². The largest absolute Gasteiger partial charge is 0.338 e. The van der Waals surface area contributed by atoms with Gasteiger partial charge < -0.3 is 10.2 Å². The molecule has 0 unspecified atom stereocenters. The normalized spacial score (nSPS) is 20.3. The van der Waals surface area contributed by atoms with Gasteiger partial charge in [-0.1, -0.05) is 53.6 Å². The molecule has 2 atom stereocenters. The van der Waals surface area contributed by atoms with Gasteiger partial charge in [-0.2, -0.15) is 5.10 Å². The summed E-state index contributed by atoms with van der Waals surface area (Å²) in [5.74, 6) is 0.0559. The molecule has 8 heteroatoms. The first-order valence-corrected chi connectivity index (χ1v) is 11.2. The zero-order valence-corrected chi connectivity index (χ0v) is 19.3. The fraction of sp³-hybridized carbons (Fsp3) is 0.375. The summed E-state index contributed by atoms with van der Waals surface area (Å²) in [5, 5.41) is 9.77. The number of piperazine rings is 1. The summed E-state index contributed by atoms with van der Waals surface area (Å²) < 4.78 is 0. The van der Waals surface area contributed by atoms with Gasteiger partial charge in [0.05, 0.1) is 30.9 Å². The van der Waals surface area contributed by atoms with E-state index in [1.165, 1.54) is 5.01 Å². The monoisotopic (exact) mass is 453 g/mol. The summed E-state index contributed by atoms with van der Waals surface area (Å²) in [6, 6.07) is 14.7. The van der Waals surface area contributed by atoms with Crippen LogP contribution in [0.4, 0.5) is 4.79 Å². The molecule has 2 aromatic carbocycles. The lowest BCUT2D eigenvalue weighted by molar-refractivity contribution is -0.136. The van der Waals surface area contributed by atoms with E-state index in [-0.39, 0.29) is 24.0 Å². The van der Waals surface area contributed by atoms with Crippen molar-refractivity contribution in [3.63, 3.8) is 0 Å². The van der Waals surface area contributed by atoms with Gasteiger partial charge in [0.2, 0.25) is 5.91 Å². The van der Waals surface area contributed by atoms with Gasteiger partial charge in [0.15, 0.2) is 0 Å². The smallest absolute Gasteiger partial charge is 0.330 e. The number of nitrogens with one attached hydrogen (secondary N) is 1. The number of halogens is 1. The summed E-state index contributed by atoms with van der Waals surface area (Å²) in [5.41, 5.74) is 3.77. The molecule has 0 radical (unpaired) electrons. The van der Waals surface area contributed by atoms with E-state index in [1.807, 2.05) is 67.1 Å². The summed E-state index contributed by atoms with van der Waals surface area (Å²) in [4.78, 5) is 29.7. The molecule has 7 nitrogen and oxygen atoms in total. The topological polar surface area (TPSA) is 68.2 Å². The zero-order valence-electron chi connectivity index (χ0n) is 18.6. The lowest BCUT2D eigenvalue weighted by Crippen LogP contribution is -2.56. The third-order valence-corrected chi connectivity index (χ3v) is 6.26. The Labute approximate surface area is 193 Å². The van der Waals surface area contributed by atoms with E-state index in [9.17, 15) is 9.59 Å². The summed E-state index contributed by atoms with van der Waals surface area (Å²) >= 11 is 5.97. The van der Waals surface area contributed by atoms with E-state index in [0.29, 0.717) is 24.7 Å². The van der Waals surface area contributed by atoms with Gasteiger partial charge in [0.25, 0.3) is 0 Å². The van der Waals surface area contributed by atoms with Gasteiger partial charge in [0.1, 0.15) is 0 Å². The number of urea groups is 1. The molecule has 0 spiro atoms. The molecule has 2 aromatic rings. The molecule has 1 fully saturated rings. The third kappa shape index (κ3) is 4.79. The molecule has 3 amide bonds. The molecule has 1 N–H and O–H groups in total. The highest BCUT2D eigenvalue weighted by molar-refractivity contribution is 6.30. The second-order valence-corrected chi connectivity index (χ2v) is 8.93.